The number of benzene rings is 1. The quantitative estimate of drug-likeness (QED) is 0.692. The first kappa shape index (κ1) is 19.1. The van der Waals surface area contributed by atoms with E-state index >= 15 is 0 Å². The summed E-state index contributed by atoms with van der Waals surface area (Å²) < 4.78 is 5.81. The monoisotopic (exact) mass is 405 g/mol. The first-order valence-electron chi connectivity index (χ1n) is 7.78. The van der Waals surface area contributed by atoms with Crippen molar-refractivity contribution in [1.82, 2.24) is 15.6 Å². The van der Waals surface area contributed by atoms with Crippen molar-refractivity contribution in [2.45, 2.75) is 6.92 Å². The molecule has 0 saturated heterocycles. The highest BCUT2D eigenvalue weighted by Crippen LogP contribution is 2.22. The fraction of sp³-hybridized carbons (Fsp3) is 0.278. The lowest BCUT2D eigenvalue weighted by Gasteiger charge is -2.09. The Balaban J connectivity index is 2.00. The molecule has 1 aromatic carbocycles. The number of hydrogen-bond donors (Lipinski definition) is 2. The van der Waals surface area contributed by atoms with Gasteiger partial charge in [-0.05, 0) is 31.2 Å². The summed E-state index contributed by atoms with van der Waals surface area (Å²) in [5, 5.41) is 5.24. The molecule has 0 aliphatic carbocycles. The number of carbonyl (C=O) groups is 2. The SMILES string of the molecule is COCCNC(=O)CNC(=O)c1ccc(-c2cccc(Br)c2)nc1C. The van der Waals surface area contributed by atoms with Gasteiger partial charge in [0.25, 0.3) is 5.91 Å². The molecule has 0 saturated carbocycles. The third kappa shape index (κ3) is 5.65. The number of methoxy groups -OCH3 is 1. The van der Waals surface area contributed by atoms with Crippen LogP contribution in [0.2, 0.25) is 0 Å². The predicted octanol–water partition coefficient (Wildman–Crippen LogP) is 2.31. The summed E-state index contributed by atoms with van der Waals surface area (Å²) >= 11 is 3.43. The van der Waals surface area contributed by atoms with E-state index in [0.29, 0.717) is 24.4 Å². The van der Waals surface area contributed by atoms with Gasteiger partial charge < -0.3 is 15.4 Å². The van der Waals surface area contributed by atoms with Crippen molar-refractivity contribution in [3.8, 4) is 11.3 Å². The highest BCUT2D eigenvalue weighted by molar-refractivity contribution is 9.10. The summed E-state index contributed by atoms with van der Waals surface area (Å²) in [6.45, 7) is 2.53. The second-order valence-corrected chi connectivity index (χ2v) is 6.28. The summed E-state index contributed by atoms with van der Waals surface area (Å²) in [6, 6.07) is 11.3. The summed E-state index contributed by atoms with van der Waals surface area (Å²) in [5.74, 6) is -0.588. The van der Waals surface area contributed by atoms with Crippen molar-refractivity contribution >= 4 is 27.7 Å². The second kappa shape index (κ2) is 9.29. The molecule has 0 aliphatic heterocycles. The molecular weight excluding hydrogens is 386 g/mol. The number of aromatic nitrogens is 1. The van der Waals surface area contributed by atoms with Gasteiger partial charge in [-0.1, -0.05) is 28.1 Å². The molecular formula is C18H20BrN3O3. The number of amides is 2. The average Bonchev–Trinajstić information content (AvgIpc) is 2.60. The van der Waals surface area contributed by atoms with Crippen LogP contribution in [0.4, 0.5) is 0 Å². The van der Waals surface area contributed by atoms with Crippen molar-refractivity contribution in [3.05, 3.63) is 52.1 Å². The Morgan fingerprint density at radius 2 is 2.00 bits per heavy atom. The maximum atomic E-state index is 12.2. The predicted molar refractivity (Wildman–Crippen MR) is 99.3 cm³/mol. The van der Waals surface area contributed by atoms with E-state index in [1.165, 1.54) is 0 Å². The number of halogens is 1. The minimum absolute atomic E-state index is 0.0879. The summed E-state index contributed by atoms with van der Waals surface area (Å²) in [5.41, 5.74) is 2.80. The van der Waals surface area contributed by atoms with E-state index in [0.717, 1.165) is 15.7 Å². The number of rotatable bonds is 7. The number of ether oxygens (including phenoxy) is 1. The van der Waals surface area contributed by atoms with Crippen LogP contribution in [-0.2, 0) is 9.53 Å². The maximum Gasteiger partial charge on any atom is 0.253 e. The van der Waals surface area contributed by atoms with E-state index < -0.39 is 0 Å². The Hall–Kier alpha value is -2.25. The summed E-state index contributed by atoms with van der Waals surface area (Å²) in [6.07, 6.45) is 0. The first-order valence-corrected chi connectivity index (χ1v) is 8.58. The Kier molecular flexibility index (Phi) is 7.09. The lowest BCUT2D eigenvalue weighted by molar-refractivity contribution is -0.120. The van der Waals surface area contributed by atoms with Crippen molar-refractivity contribution in [2.75, 3.05) is 26.8 Å². The largest absolute Gasteiger partial charge is 0.383 e. The van der Waals surface area contributed by atoms with E-state index in [1.807, 2.05) is 24.3 Å². The van der Waals surface area contributed by atoms with Crippen LogP contribution in [0.1, 0.15) is 16.1 Å². The standard InChI is InChI=1S/C18H20BrN3O3/c1-12-15(18(24)21-11-17(23)20-8-9-25-2)6-7-16(22-12)13-4-3-5-14(19)10-13/h3-7,10H,8-9,11H2,1-2H3,(H,20,23)(H,21,24). The molecule has 0 unspecified atom stereocenters. The molecule has 1 aromatic heterocycles. The Bertz CT molecular complexity index is 765. The molecule has 2 aromatic rings. The zero-order valence-electron chi connectivity index (χ0n) is 14.1. The van der Waals surface area contributed by atoms with Crippen LogP contribution >= 0.6 is 15.9 Å². The van der Waals surface area contributed by atoms with Crippen LogP contribution in [-0.4, -0.2) is 43.6 Å². The molecule has 1 heterocycles. The summed E-state index contributed by atoms with van der Waals surface area (Å²) in [7, 11) is 1.56. The Morgan fingerprint density at radius 3 is 2.68 bits per heavy atom. The van der Waals surface area contributed by atoms with Gasteiger partial charge in [0.2, 0.25) is 5.91 Å². The zero-order valence-corrected chi connectivity index (χ0v) is 15.7. The molecule has 132 valence electrons. The number of carbonyl (C=O) groups excluding carboxylic acids is 2. The van der Waals surface area contributed by atoms with Crippen molar-refractivity contribution in [1.29, 1.82) is 0 Å². The fourth-order valence-electron chi connectivity index (χ4n) is 2.22. The van der Waals surface area contributed by atoms with Crippen LogP contribution < -0.4 is 10.6 Å². The lowest BCUT2D eigenvalue weighted by atomic mass is 10.1. The minimum Gasteiger partial charge on any atom is -0.383 e. The van der Waals surface area contributed by atoms with Crippen LogP contribution in [0.25, 0.3) is 11.3 Å². The molecule has 0 bridgehead atoms. The molecule has 0 aliphatic rings. The van der Waals surface area contributed by atoms with Crippen LogP contribution in [0, 0.1) is 6.92 Å². The van der Waals surface area contributed by atoms with Crippen molar-refractivity contribution < 1.29 is 14.3 Å². The normalized spacial score (nSPS) is 10.4. The van der Waals surface area contributed by atoms with Crippen LogP contribution in [0.5, 0.6) is 0 Å². The van der Waals surface area contributed by atoms with E-state index in [-0.39, 0.29) is 18.4 Å². The van der Waals surface area contributed by atoms with Gasteiger partial charge in [0, 0.05) is 23.7 Å². The highest BCUT2D eigenvalue weighted by Gasteiger charge is 2.12. The molecule has 0 radical (unpaired) electrons. The molecule has 2 rings (SSSR count). The number of hydrogen-bond acceptors (Lipinski definition) is 4. The molecule has 7 heteroatoms. The first-order chi connectivity index (χ1) is 12.0. The van der Waals surface area contributed by atoms with Gasteiger partial charge in [0.1, 0.15) is 0 Å². The van der Waals surface area contributed by atoms with Gasteiger partial charge >= 0.3 is 0 Å². The third-order valence-corrected chi connectivity index (χ3v) is 3.98. The topological polar surface area (TPSA) is 80.3 Å². The zero-order chi connectivity index (χ0) is 18.2. The summed E-state index contributed by atoms with van der Waals surface area (Å²) in [4.78, 5) is 28.3. The number of nitrogens with zero attached hydrogens (tertiary/aromatic N) is 1. The molecule has 2 amide bonds. The van der Waals surface area contributed by atoms with Gasteiger partial charge in [0.15, 0.2) is 0 Å². The van der Waals surface area contributed by atoms with Gasteiger partial charge in [-0.15, -0.1) is 0 Å². The van der Waals surface area contributed by atoms with Gasteiger partial charge in [-0.3, -0.25) is 14.6 Å². The Morgan fingerprint density at radius 1 is 1.20 bits per heavy atom. The highest BCUT2D eigenvalue weighted by atomic mass is 79.9. The maximum absolute atomic E-state index is 12.2. The molecule has 0 spiro atoms. The van der Waals surface area contributed by atoms with Gasteiger partial charge in [0.05, 0.1) is 30.1 Å². The van der Waals surface area contributed by atoms with E-state index in [1.54, 1.807) is 26.2 Å². The number of nitrogens with one attached hydrogen (secondary N) is 2. The molecule has 0 fully saturated rings. The third-order valence-electron chi connectivity index (χ3n) is 3.49. The van der Waals surface area contributed by atoms with Crippen molar-refractivity contribution in [3.63, 3.8) is 0 Å². The molecule has 25 heavy (non-hydrogen) atoms. The van der Waals surface area contributed by atoms with Crippen LogP contribution in [0.15, 0.2) is 40.9 Å². The molecule has 0 atom stereocenters. The van der Waals surface area contributed by atoms with E-state index in [2.05, 4.69) is 31.5 Å². The molecule has 2 N–H and O–H groups in total. The van der Waals surface area contributed by atoms with Crippen LogP contribution in [0.3, 0.4) is 0 Å². The van der Waals surface area contributed by atoms with Crippen molar-refractivity contribution in [2.24, 2.45) is 0 Å². The molecule has 6 nitrogen and oxygen atoms in total. The minimum atomic E-state index is -0.326. The van der Waals surface area contributed by atoms with E-state index in [4.69, 9.17) is 4.74 Å². The number of pyridine rings is 1. The number of aryl methyl sites for hydroxylation is 1. The average molecular weight is 406 g/mol. The van der Waals surface area contributed by atoms with Gasteiger partial charge in [-0.25, -0.2) is 0 Å². The smallest absolute Gasteiger partial charge is 0.253 e. The van der Waals surface area contributed by atoms with Gasteiger partial charge in [-0.2, -0.15) is 0 Å². The Labute approximate surface area is 155 Å². The second-order valence-electron chi connectivity index (χ2n) is 5.37. The lowest BCUT2D eigenvalue weighted by Crippen LogP contribution is -2.38. The fourth-order valence-corrected chi connectivity index (χ4v) is 2.62. The van der Waals surface area contributed by atoms with E-state index in [9.17, 15) is 9.59 Å².